The second kappa shape index (κ2) is 12.3. The molecule has 0 amide bonds. The highest BCUT2D eigenvalue weighted by molar-refractivity contribution is 7.32. The van der Waals surface area contributed by atoms with Crippen LogP contribution in [0.15, 0.2) is 109 Å². The van der Waals surface area contributed by atoms with Gasteiger partial charge >= 0.3 is 0 Å². The Morgan fingerprint density at radius 1 is 0.339 bits per heavy atom. The molecule has 56 heavy (non-hydrogen) atoms. The van der Waals surface area contributed by atoms with Gasteiger partial charge in [0.05, 0.1) is 0 Å². The minimum absolute atomic E-state index is 1.03. The van der Waals surface area contributed by atoms with Crippen molar-refractivity contribution in [1.82, 2.24) is 9.97 Å². The number of nitrogens with zero attached hydrogens (tertiary/aromatic N) is 2. The summed E-state index contributed by atoms with van der Waals surface area (Å²) in [6, 6.07) is 37.3. The summed E-state index contributed by atoms with van der Waals surface area (Å²) in [4.78, 5) is 20.2. The normalized spacial score (nSPS) is 12.3. The lowest BCUT2D eigenvalue weighted by molar-refractivity contribution is 1.20. The van der Waals surface area contributed by atoms with Crippen LogP contribution in [0.5, 0.6) is 0 Å². The molecule has 8 aromatic heterocycles. The summed E-state index contributed by atoms with van der Waals surface area (Å²) < 4.78 is 5.46. The SMILES string of the molecule is Cc1ccc(-c2cc3c4cc(-c5ccc(-c6cc7sc(C)cc7s6)s5)sc4c4cc(-c5ccc(C)nc5)cc5c6cc(-c7ccc(C)s7)sc6c(c2)c3c54)cn1. The van der Waals surface area contributed by atoms with Crippen molar-refractivity contribution in [3.8, 4) is 51.5 Å². The van der Waals surface area contributed by atoms with Gasteiger partial charge in [-0.2, -0.15) is 0 Å². The lowest BCUT2D eigenvalue weighted by atomic mass is 9.87. The lowest BCUT2D eigenvalue weighted by Crippen LogP contribution is -1.90. The van der Waals surface area contributed by atoms with E-state index in [4.69, 9.17) is 9.97 Å². The van der Waals surface area contributed by atoms with Crippen LogP contribution in [-0.4, -0.2) is 9.97 Å². The summed E-state index contributed by atoms with van der Waals surface area (Å²) in [6.07, 6.45) is 4.07. The highest BCUT2D eigenvalue weighted by Gasteiger charge is 2.24. The fraction of sp³-hybridized carbons (Fsp3) is 0.0833. The summed E-state index contributed by atoms with van der Waals surface area (Å²) in [7, 11) is 0. The maximum atomic E-state index is 4.74. The third-order valence-electron chi connectivity index (χ3n) is 11.0. The number of aryl methyl sites for hydroxylation is 4. The first-order valence-electron chi connectivity index (χ1n) is 18.5. The predicted molar refractivity (Wildman–Crippen MR) is 252 cm³/mol. The molecule has 0 saturated carbocycles. The van der Waals surface area contributed by atoms with Crippen molar-refractivity contribution in [3.63, 3.8) is 0 Å². The highest BCUT2D eigenvalue weighted by Crippen LogP contribution is 2.54. The molecule has 8 heterocycles. The molecule has 0 N–H and O–H groups in total. The van der Waals surface area contributed by atoms with Crippen molar-refractivity contribution in [3.05, 3.63) is 131 Å². The lowest BCUT2D eigenvalue weighted by Gasteiger charge is -2.17. The van der Waals surface area contributed by atoms with Crippen molar-refractivity contribution < 1.29 is 0 Å². The number of hydrogen-bond acceptors (Lipinski definition) is 8. The van der Waals surface area contributed by atoms with Gasteiger partial charge in [-0.1, -0.05) is 12.1 Å². The van der Waals surface area contributed by atoms with Crippen LogP contribution in [0.25, 0.3) is 113 Å². The number of pyridine rings is 2. The van der Waals surface area contributed by atoms with E-state index in [0.29, 0.717) is 0 Å². The van der Waals surface area contributed by atoms with Crippen molar-refractivity contribution in [1.29, 1.82) is 0 Å². The quantitative estimate of drug-likeness (QED) is 0.162. The van der Waals surface area contributed by atoms with Gasteiger partial charge in [0.2, 0.25) is 0 Å². The number of rotatable bonds is 5. The average molecular weight is 827 g/mol. The van der Waals surface area contributed by atoms with Crippen LogP contribution in [0.4, 0.5) is 0 Å². The highest BCUT2D eigenvalue weighted by atomic mass is 32.1. The van der Waals surface area contributed by atoms with Crippen molar-refractivity contribution >= 4 is 130 Å². The van der Waals surface area contributed by atoms with Crippen LogP contribution in [0.3, 0.4) is 0 Å². The topological polar surface area (TPSA) is 25.8 Å². The number of aromatic nitrogens is 2. The van der Waals surface area contributed by atoms with Crippen molar-refractivity contribution in [2.45, 2.75) is 27.7 Å². The van der Waals surface area contributed by atoms with E-state index >= 15 is 0 Å². The van der Waals surface area contributed by atoms with E-state index in [1.165, 1.54) is 112 Å². The predicted octanol–water partition coefficient (Wildman–Crippen LogP) is 16.8. The molecule has 8 heteroatoms. The van der Waals surface area contributed by atoms with Crippen molar-refractivity contribution in [2.75, 3.05) is 0 Å². The Morgan fingerprint density at radius 3 is 1.34 bits per heavy atom. The molecule has 0 aliphatic rings. The van der Waals surface area contributed by atoms with Gasteiger partial charge in [-0.05, 0) is 145 Å². The van der Waals surface area contributed by atoms with E-state index < -0.39 is 0 Å². The van der Waals surface area contributed by atoms with Gasteiger partial charge in [-0.3, -0.25) is 9.97 Å². The van der Waals surface area contributed by atoms with Gasteiger partial charge < -0.3 is 0 Å². The Bertz CT molecular complexity index is 3320. The molecule has 0 saturated heterocycles. The Labute approximate surface area is 347 Å². The fourth-order valence-corrected chi connectivity index (χ4v) is 15.1. The third kappa shape index (κ3) is 5.13. The molecule has 0 bridgehead atoms. The van der Waals surface area contributed by atoms with E-state index in [9.17, 15) is 0 Å². The second-order valence-corrected chi connectivity index (χ2v) is 21.6. The Hall–Kier alpha value is -4.80. The summed E-state index contributed by atoms with van der Waals surface area (Å²) >= 11 is 11.5. The molecular weight excluding hydrogens is 797 g/mol. The van der Waals surface area contributed by atoms with E-state index in [2.05, 4.69) is 125 Å². The second-order valence-electron chi connectivity index (χ2n) is 14.7. The molecule has 4 aromatic carbocycles. The molecule has 0 aliphatic heterocycles. The fourth-order valence-electron chi connectivity index (χ4n) is 8.29. The Balaban J connectivity index is 1.18. The van der Waals surface area contributed by atoms with Gasteiger partial charge in [0.15, 0.2) is 0 Å². The smallest absolute Gasteiger partial charge is 0.0463 e. The number of benzene rings is 4. The van der Waals surface area contributed by atoms with Crippen LogP contribution in [0.1, 0.15) is 21.1 Å². The molecule has 2 nitrogen and oxygen atoms in total. The number of fused-ring (bicyclic) bond motifs is 7. The summed E-state index contributed by atoms with van der Waals surface area (Å²) in [5.74, 6) is 0. The first-order chi connectivity index (χ1) is 27.3. The first-order valence-corrected chi connectivity index (χ1v) is 23.4. The zero-order valence-corrected chi connectivity index (χ0v) is 35.6. The summed E-state index contributed by atoms with van der Waals surface area (Å²) in [6.45, 7) is 8.52. The first kappa shape index (κ1) is 33.4. The van der Waals surface area contributed by atoms with Crippen LogP contribution in [0, 0.1) is 27.7 Å². The summed E-state index contributed by atoms with van der Waals surface area (Å²) in [5, 5.41) is 10.6. The standard InChI is InChI=1S/C48H30N2S6/c1-23-5-8-27(21-49-23)29-14-31-33-18-41(37-10-7-25(3)51-37)55-47(33)35-16-30(28-9-6-24(2)50-22-28)15-32-34-19-42(56-48(34)36(17-29)45(31)46(32)35)38-11-12-39(53-38)43-20-44-40(54-43)13-26(4)52-44/h5-22H,1-4H3. The monoisotopic (exact) mass is 826 g/mol. The van der Waals surface area contributed by atoms with E-state index in [1.54, 1.807) is 0 Å². The van der Waals surface area contributed by atoms with Crippen LogP contribution in [-0.2, 0) is 0 Å². The molecule has 12 aromatic rings. The number of hydrogen-bond donors (Lipinski definition) is 0. The molecule has 0 atom stereocenters. The number of thiophene rings is 6. The average Bonchev–Trinajstić information content (AvgIpc) is 4.05. The summed E-state index contributed by atoms with van der Waals surface area (Å²) in [5.41, 5.74) is 6.76. The van der Waals surface area contributed by atoms with Gasteiger partial charge in [0.25, 0.3) is 0 Å². The van der Waals surface area contributed by atoms with Gasteiger partial charge in [-0.25, -0.2) is 0 Å². The molecule has 0 fully saturated rings. The van der Waals surface area contributed by atoms with Crippen LogP contribution in [0.2, 0.25) is 0 Å². The van der Waals surface area contributed by atoms with Gasteiger partial charge in [0.1, 0.15) is 0 Å². The maximum Gasteiger partial charge on any atom is 0.0463 e. The largest absolute Gasteiger partial charge is 0.261 e. The van der Waals surface area contributed by atoms with Crippen LogP contribution >= 0.6 is 68.0 Å². The van der Waals surface area contributed by atoms with E-state index in [-0.39, 0.29) is 0 Å². The molecule has 0 unspecified atom stereocenters. The maximum absolute atomic E-state index is 4.74. The minimum Gasteiger partial charge on any atom is -0.261 e. The third-order valence-corrected chi connectivity index (χ3v) is 18.2. The van der Waals surface area contributed by atoms with E-state index in [1.807, 2.05) is 80.4 Å². The van der Waals surface area contributed by atoms with E-state index in [0.717, 1.165) is 22.5 Å². The molecule has 0 radical (unpaired) electrons. The molecule has 268 valence electrons. The molecular formula is C48H30N2S6. The zero-order valence-electron chi connectivity index (χ0n) is 30.7. The zero-order chi connectivity index (χ0) is 37.4. The van der Waals surface area contributed by atoms with Crippen molar-refractivity contribution in [2.24, 2.45) is 0 Å². The molecule has 0 aliphatic carbocycles. The Kier molecular flexibility index (Phi) is 7.35. The van der Waals surface area contributed by atoms with Gasteiger partial charge in [-0.15, -0.1) is 68.0 Å². The Morgan fingerprint density at radius 2 is 0.839 bits per heavy atom. The molecule has 12 rings (SSSR count). The molecule has 0 spiro atoms. The van der Waals surface area contributed by atoms with Crippen LogP contribution < -0.4 is 0 Å². The minimum atomic E-state index is 1.03. The van der Waals surface area contributed by atoms with Gasteiger partial charge in [0, 0.05) is 114 Å².